The van der Waals surface area contributed by atoms with E-state index in [1.165, 1.54) is 11.3 Å². The summed E-state index contributed by atoms with van der Waals surface area (Å²) in [5, 5.41) is 4.31. The van der Waals surface area contributed by atoms with Gasteiger partial charge in [-0.3, -0.25) is 9.58 Å². The fourth-order valence-electron chi connectivity index (χ4n) is 3.31. The van der Waals surface area contributed by atoms with Crippen molar-refractivity contribution in [3.05, 3.63) is 17.0 Å². The number of rotatable bonds is 7. The first kappa shape index (κ1) is 17.4. The summed E-state index contributed by atoms with van der Waals surface area (Å²) in [5.74, 6) is 0. The van der Waals surface area contributed by atoms with E-state index in [1.807, 2.05) is 18.7 Å². The van der Waals surface area contributed by atoms with E-state index in [2.05, 4.69) is 28.6 Å². The molecule has 126 valence electrons. The van der Waals surface area contributed by atoms with Gasteiger partial charge in [-0.15, -0.1) is 0 Å². The van der Waals surface area contributed by atoms with Crippen LogP contribution in [0.2, 0.25) is 0 Å². The summed E-state index contributed by atoms with van der Waals surface area (Å²) < 4.78 is 28.8. The lowest BCUT2D eigenvalue weighted by atomic mass is 10.1. The van der Waals surface area contributed by atoms with E-state index in [-0.39, 0.29) is 5.25 Å². The van der Waals surface area contributed by atoms with Gasteiger partial charge in [0.2, 0.25) is 10.0 Å². The minimum absolute atomic E-state index is 0.292. The van der Waals surface area contributed by atoms with Gasteiger partial charge in [0.25, 0.3) is 0 Å². The number of nitrogens with one attached hydrogen (secondary N) is 1. The monoisotopic (exact) mass is 328 g/mol. The zero-order valence-electron chi connectivity index (χ0n) is 14.1. The van der Waals surface area contributed by atoms with Crippen molar-refractivity contribution >= 4 is 10.0 Å². The highest BCUT2D eigenvalue weighted by molar-refractivity contribution is 7.90. The lowest BCUT2D eigenvalue weighted by Crippen LogP contribution is -2.36. The molecule has 0 aromatic carbocycles. The van der Waals surface area contributed by atoms with Crippen molar-refractivity contribution in [2.75, 3.05) is 19.6 Å². The Morgan fingerprint density at radius 1 is 1.27 bits per heavy atom. The SMILES string of the molecule is CCNS(=O)(=O)[C@@H]1CCN(Cc2c(CC)nn(C)c2CC)C1. The maximum absolute atomic E-state index is 12.1. The smallest absolute Gasteiger partial charge is 0.215 e. The third kappa shape index (κ3) is 3.52. The lowest BCUT2D eigenvalue weighted by molar-refractivity contribution is 0.329. The minimum atomic E-state index is -3.17. The summed E-state index contributed by atoms with van der Waals surface area (Å²) in [6, 6.07) is 0. The van der Waals surface area contributed by atoms with Gasteiger partial charge in [0, 0.05) is 37.9 Å². The first-order chi connectivity index (χ1) is 10.4. The van der Waals surface area contributed by atoms with Gasteiger partial charge >= 0.3 is 0 Å². The van der Waals surface area contributed by atoms with Crippen molar-refractivity contribution in [2.45, 2.75) is 51.8 Å². The van der Waals surface area contributed by atoms with Crippen molar-refractivity contribution in [2.24, 2.45) is 7.05 Å². The van der Waals surface area contributed by atoms with E-state index in [0.29, 0.717) is 19.5 Å². The highest BCUT2D eigenvalue weighted by Crippen LogP contribution is 2.22. The fraction of sp³-hybridized carbons (Fsp3) is 0.800. The molecule has 0 amide bonds. The second-order valence-electron chi connectivity index (χ2n) is 5.89. The van der Waals surface area contributed by atoms with Gasteiger partial charge < -0.3 is 0 Å². The Labute approximate surface area is 133 Å². The molecule has 6 nitrogen and oxygen atoms in total. The fourth-order valence-corrected chi connectivity index (χ4v) is 4.77. The first-order valence-corrected chi connectivity index (χ1v) is 9.71. The quantitative estimate of drug-likeness (QED) is 0.813. The zero-order valence-corrected chi connectivity index (χ0v) is 14.9. The van der Waals surface area contributed by atoms with Gasteiger partial charge in [0.15, 0.2) is 0 Å². The predicted molar refractivity (Wildman–Crippen MR) is 88.2 cm³/mol. The van der Waals surface area contributed by atoms with E-state index in [0.717, 1.165) is 31.6 Å². The topological polar surface area (TPSA) is 67.2 Å². The zero-order chi connectivity index (χ0) is 16.3. The summed E-state index contributed by atoms with van der Waals surface area (Å²) in [5.41, 5.74) is 3.68. The van der Waals surface area contributed by atoms with Crippen LogP contribution in [0.1, 0.15) is 44.1 Å². The molecule has 0 saturated carbocycles. The van der Waals surface area contributed by atoms with Crippen LogP contribution in [-0.4, -0.2) is 48.0 Å². The second-order valence-corrected chi connectivity index (χ2v) is 7.94. The number of likely N-dealkylation sites (tertiary alicyclic amines) is 1. The third-order valence-electron chi connectivity index (χ3n) is 4.42. The molecule has 2 heterocycles. The summed E-state index contributed by atoms with van der Waals surface area (Å²) >= 11 is 0. The van der Waals surface area contributed by atoms with Crippen molar-refractivity contribution in [3.63, 3.8) is 0 Å². The number of hydrogen-bond donors (Lipinski definition) is 1. The van der Waals surface area contributed by atoms with E-state index in [1.54, 1.807) is 0 Å². The van der Waals surface area contributed by atoms with E-state index < -0.39 is 10.0 Å². The third-order valence-corrected chi connectivity index (χ3v) is 6.38. The van der Waals surface area contributed by atoms with Crippen LogP contribution in [-0.2, 0) is 36.5 Å². The molecule has 0 radical (unpaired) electrons. The van der Waals surface area contributed by atoms with E-state index >= 15 is 0 Å². The lowest BCUT2D eigenvalue weighted by Gasteiger charge is -2.17. The average molecular weight is 328 g/mol. The molecular weight excluding hydrogens is 300 g/mol. The van der Waals surface area contributed by atoms with Crippen LogP contribution in [0.25, 0.3) is 0 Å². The molecule has 0 bridgehead atoms. The van der Waals surface area contributed by atoms with E-state index in [4.69, 9.17) is 0 Å². The minimum Gasteiger partial charge on any atom is -0.298 e. The number of hydrogen-bond acceptors (Lipinski definition) is 4. The maximum atomic E-state index is 12.1. The van der Waals surface area contributed by atoms with Crippen LogP contribution in [0.5, 0.6) is 0 Å². The van der Waals surface area contributed by atoms with Crippen LogP contribution in [0.4, 0.5) is 0 Å². The van der Waals surface area contributed by atoms with Gasteiger partial charge in [0.1, 0.15) is 0 Å². The highest BCUT2D eigenvalue weighted by atomic mass is 32.2. The van der Waals surface area contributed by atoms with Crippen LogP contribution >= 0.6 is 0 Å². The standard InChI is InChI=1S/C15H28N4O2S/c1-5-14-13(15(6-2)18(4)17-14)11-19-9-8-12(10-19)22(20,21)16-7-3/h12,16H,5-11H2,1-4H3/t12-/m1/s1. The molecular formula is C15H28N4O2S. The van der Waals surface area contributed by atoms with Gasteiger partial charge in [-0.1, -0.05) is 20.8 Å². The average Bonchev–Trinajstić information content (AvgIpc) is 3.04. The summed E-state index contributed by atoms with van der Waals surface area (Å²) in [6.45, 7) is 8.78. The van der Waals surface area contributed by atoms with Crippen molar-refractivity contribution in [1.29, 1.82) is 0 Å². The van der Waals surface area contributed by atoms with Crippen LogP contribution in [0.15, 0.2) is 0 Å². The van der Waals surface area contributed by atoms with Crippen molar-refractivity contribution in [3.8, 4) is 0 Å². The van der Waals surface area contributed by atoms with Gasteiger partial charge in [0.05, 0.1) is 10.9 Å². The molecule has 1 aromatic heterocycles. The van der Waals surface area contributed by atoms with Crippen molar-refractivity contribution < 1.29 is 8.42 Å². The number of aryl methyl sites for hydroxylation is 2. The molecule has 1 atom stereocenters. The molecule has 0 unspecified atom stereocenters. The molecule has 2 rings (SSSR count). The number of nitrogens with zero attached hydrogens (tertiary/aromatic N) is 3. The molecule has 22 heavy (non-hydrogen) atoms. The van der Waals surface area contributed by atoms with E-state index in [9.17, 15) is 8.42 Å². The maximum Gasteiger partial charge on any atom is 0.215 e. The Morgan fingerprint density at radius 3 is 2.59 bits per heavy atom. The number of aromatic nitrogens is 2. The Hall–Kier alpha value is -0.920. The predicted octanol–water partition coefficient (Wildman–Crippen LogP) is 1.06. The molecule has 1 aliphatic heterocycles. The summed E-state index contributed by atoms with van der Waals surface area (Å²) in [6.07, 6.45) is 2.57. The van der Waals surface area contributed by atoms with Crippen LogP contribution in [0, 0.1) is 0 Å². The summed E-state index contributed by atoms with van der Waals surface area (Å²) in [7, 11) is -1.18. The number of sulfonamides is 1. The van der Waals surface area contributed by atoms with Gasteiger partial charge in [-0.05, 0) is 25.8 Å². The molecule has 1 saturated heterocycles. The highest BCUT2D eigenvalue weighted by Gasteiger charge is 2.33. The van der Waals surface area contributed by atoms with Crippen LogP contribution in [0.3, 0.4) is 0 Å². The Bertz CT molecular complexity index is 609. The van der Waals surface area contributed by atoms with Gasteiger partial charge in [-0.2, -0.15) is 5.10 Å². The molecule has 1 aliphatic rings. The normalized spacial score (nSPS) is 19.9. The Morgan fingerprint density at radius 2 is 2.00 bits per heavy atom. The second kappa shape index (κ2) is 7.10. The van der Waals surface area contributed by atoms with Crippen molar-refractivity contribution in [1.82, 2.24) is 19.4 Å². The first-order valence-electron chi connectivity index (χ1n) is 8.17. The molecule has 1 aromatic rings. The van der Waals surface area contributed by atoms with Gasteiger partial charge in [-0.25, -0.2) is 13.1 Å². The molecule has 1 N–H and O–H groups in total. The Kier molecular flexibility index (Phi) is 5.63. The molecule has 7 heteroatoms. The molecule has 1 fully saturated rings. The van der Waals surface area contributed by atoms with Crippen LogP contribution < -0.4 is 4.72 Å². The Balaban J connectivity index is 2.11. The summed E-state index contributed by atoms with van der Waals surface area (Å²) in [4.78, 5) is 2.24. The largest absolute Gasteiger partial charge is 0.298 e. The molecule has 0 aliphatic carbocycles. The molecule has 0 spiro atoms.